The van der Waals surface area contributed by atoms with Crippen LogP contribution in [0.3, 0.4) is 0 Å². The highest BCUT2D eigenvalue weighted by Gasteiger charge is 2.30. The molecular weight excluding hydrogens is 530 g/mol. The van der Waals surface area contributed by atoms with E-state index in [0.29, 0.717) is 18.7 Å². The van der Waals surface area contributed by atoms with E-state index < -0.39 is 35.4 Å². The summed E-state index contributed by atoms with van der Waals surface area (Å²) in [4.78, 5) is 63.9. The molecule has 12 heteroatoms. The van der Waals surface area contributed by atoms with Gasteiger partial charge in [-0.25, -0.2) is 4.79 Å². The van der Waals surface area contributed by atoms with Gasteiger partial charge in [-0.3, -0.25) is 19.2 Å². The van der Waals surface area contributed by atoms with Crippen molar-refractivity contribution in [2.24, 2.45) is 5.92 Å². The summed E-state index contributed by atoms with van der Waals surface area (Å²) in [5.74, 6) is 0.601. The van der Waals surface area contributed by atoms with Gasteiger partial charge in [0.1, 0.15) is 23.6 Å². The second kappa shape index (κ2) is 13.6. The van der Waals surface area contributed by atoms with E-state index in [0.717, 1.165) is 30.3 Å². The predicted molar refractivity (Wildman–Crippen MR) is 148 cm³/mol. The van der Waals surface area contributed by atoms with Gasteiger partial charge >= 0.3 is 5.97 Å². The van der Waals surface area contributed by atoms with Gasteiger partial charge in [0.2, 0.25) is 11.8 Å². The molecule has 4 rings (SSSR count). The van der Waals surface area contributed by atoms with Crippen LogP contribution in [0.15, 0.2) is 45.9 Å². The first kappa shape index (κ1) is 29.3. The molecule has 3 amide bonds. The van der Waals surface area contributed by atoms with Gasteiger partial charge in [-0.05, 0) is 57.6 Å². The molecule has 41 heavy (non-hydrogen) atoms. The number of carbonyl (C=O) groups excluding carboxylic acids is 4. The lowest BCUT2D eigenvalue weighted by atomic mass is 9.97. The van der Waals surface area contributed by atoms with Gasteiger partial charge < -0.3 is 29.8 Å². The van der Waals surface area contributed by atoms with E-state index in [9.17, 15) is 24.0 Å². The van der Waals surface area contributed by atoms with Crippen LogP contribution in [0.25, 0.3) is 0 Å². The molecule has 1 saturated heterocycles. The molecule has 0 aromatic carbocycles. The summed E-state index contributed by atoms with van der Waals surface area (Å²) < 4.78 is 11.5. The minimum absolute atomic E-state index is 0.00717. The first-order valence-corrected chi connectivity index (χ1v) is 13.6. The van der Waals surface area contributed by atoms with E-state index in [1.807, 2.05) is 0 Å². The molecule has 2 aliphatic rings. The maximum absolute atomic E-state index is 13.5. The zero-order chi connectivity index (χ0) is 29.4. The second-order valence-corrected chi connectivity index (χ2v) is 10.2. The fourth-order valence-corrected chi connectivity index (χ4v) is 4.98. The van der Waals surface area contributed by atoms with Crippen LogP contribution in [0.2, 0.25) is 0 Å². The maximum Gasteiger partial charge on any atom is 0.330 e. The Morgan fingerprint density at radius 3 is 2.73 bits per heavy atom. The summed E-state index contributed by atoms with van der Waals surface area (Å²) >= 11 is 0. The van der Waals surface area contributed by atoms with E-state index in [1.165, 1.54) is 36.5 Å². The van der Waals surface area contributed by atoms with Crippen LogP contribution in [0.1, 0.15) is 67.2 Å². The van der Waals surface area contributed by atoms with Gasteiger partial charge in [0.05, 0.1) is 0 Å². The Morgan fingerprint density at radius 2 is 2.07 bits per heavy atom. The van der Waals surface area contributed by atoms with E-state index in [4.69, 9.17) is 15.7 Å². The number of ether oxygens (including phenoxy) is 1. The standard InChI is InChI=1S/C29H33N5O7/c1-3-7-24(34-15-6-10-22(29(34)39)32-27(37)23-16-18(2)41-33-23)28(38)31-20(17-19-13-14-30-26(19)36)11-12-25(35)40-21-8-4-5-9-21/h1,6,10-12,15-16,19-21,24H,4-5,7-9,13-14,17H2,2H3,(H,30,36)(H,31,38)(H,32,37)/b12-11+/t19-,20+,24-/m0/s1. The van der Waals surface area contributed by atoms with E-state index >= 15 is 0 Å². The summed E-state index contributed by atoms with van der Waals surface area (Å²) in [7, 11) is 0. The van der Waals surface area contributed by atoms with Crippen molar-refractivity contribution in [3.8, 4) is 12.3 Å². The van der Waals surface area contributed by atoms with Crippen LogP contribution in [0, 0.1) is 25.2 Å². The predicted octanol–water partition coefficient (Wildman–Crippen LogP) is 2.01. The van der Waals surface area contributed by atoms with Gasteiger partial charge in [-0.2, -0.15) is 0 Å². The highest BCUT2D eigenvalue weighted by atomic mass is 16.5. The molecule has 12 nitrogen and oxygen atoms in total. The Hall–Kier alpha value is -4.66. The number of aromatic nitrogens is 2. The van der Waals surface area contributed by atoms with Gasteiger partial charge in [0.25, 0.3) is 11.5 Å². The Balaban J connectivity index is 1.51. The molecule has 1 aliphatic heterocycles. The minimum atomic E-state index is -1.13. The fourth-order valence-electron chi connectivity index (χ4n) is 4.98. The van der Waals surface area contributed by atoms with Crippen LogP contribution in [0.4, 0.5) is 5.69 Å². The minimum Gasteiger partial charge on any atom is -0.459 e. The normalized spacial score (nSPS) is 18.4. The lowest BCUT2D eigenvalue weighted by Gasteiger charge is -2.23. The van der Waals surface area contributed by atoms with Crippen molar-refractivity contribution in [3.05, 3.63) is 58.4 Å². The molecule has 2 fully saturated rings. The third-order valence-electron chi connectivity index (χ3n) is 7.11. The smallest absolute Gasteiger partial charge is 0.330 e. The summed E-state index contributed by atoms with van der Waals surface area (Å²) in [5, 5.41) is 11.7. The second-order valence-electron chi connectivity index (χ2n) is 10.2. The highest BCUT2D eigenvalue weighted by molar-refractivity contribution is 6.02. The molecule has 0 unspecified atom stereocenters. The van der Waals surface area contributed by atoms with Gasteiger partial charge in [-0.1, -0.05) is 11.2 Å². The van der Waals surface area contributed by atoms with Crippen molar-refractivity contribution in [3.63, 3.8) is 0 Å². The molecule has 1 saturated carbocycles. The number of hydrogen-bond donors (Lipinski definition) is 3. The van der Waals surface area contributed by atoms with Crippen LogP contribution in [-0.2, 0) is 19.1 Å². The molecule has 3 heterocycles. The lowest BCUT2D eigenvalue weighted by Crippen LogP contribution is -2.43. The molecule has 2 aromatic rings. The molecule has 2 aromatic heterocycles. The maximum atomic E-state index is 13.5. The van der Waals surface area contributed by atoms with Crippen molar-refractivity contribution < 1.29 is 28.4 Å². The monoisotopic (exact) mass is 563 g/mol. The number of amides is 3. The van der Waals surface area contributed by atoms with Gasteiger partial charge in [0.15, 0.2) is 5.69 Å². The Morgan fingerprint density at radius 1 is 1.29 bits per heavy atom. The number of carbonyl (C=O) groups is 4. The number of nitrogens with zero attached hydrogens (tertiary/aromatic N) is 2. The number of rotatable bonds is 11. The van der Waals surface area contributed by atoms with Gasteiger partial charge in [-0.15, -0.1) is 12.3 Å². The number of nitrogens with one attached hydrogen (secondary N) is 3. The topological polar surface area (TPSA) is 162 Å². The molecular formula is C29H33N5O7. The SMILES string of the molecule is C#CC[C@@H](C(=O)N[C@H](/C=C/C(=O)OC1CCCC1)C[C@@H]1CCNC1=O)n1cccc(NC(=O)c2cc(C)on2)c1=O. The first-order chi connectivity index (χ1) is 19.7. The number of pyridine rings is 1. The lowest BCUT2D eigenvalue weighted by molar-refractivity contribution is -0.142. The van der Waals surface area contributed by atoms with Crippen molar-refractivity contribution in [2.75, 3.05) is 11.9 Å². The highest BCUT2D eigenvalue weighted by Crippen LogP contribution is 2.22. The van der Waals surface area contributed by atoms with Gasteiger partial charge in [0, 0.05) is 43.3 Å². The summed E-state index contributed by atoms with van der Waals surface area (Å²) in [6, 6.07) is 2.49. The largest absolute Gasteiger partial charge is 0.459 e. The molecule has 1 aliphatic carbocycles. The number of aryl methyl sites for hydroxylation is 1. The molecule has 0 spiro atoms. The number of hydrogen-bond acceptors (Lipinski definition) is 8. The average Bonchev–Trinajstić information content (AvgIpc) is 3.71. The van der Waals surface area contributed by atoms with Crippen molar-refractivity contribution in [1.29, 1.82) is 0 Å². The Labute approximate surface area is 236 Å². The summed E-state index contributed by atoms with van der Waals surface area (Å²) in [5.41, 5.74) is -0.743. The van der Waals surface area contributed by atoms with Crippen molar-refractivity contribution >= 4 is 29.4 Å². The van der Waals surface area contributed by atoms with Crippen molar-refractivity contribution in [2.45, 2.75) is 70.1 Å². The zero-order valence-electron chi connectivity index (χ0n) is 22.8. The molecule has 0 bridgehead atoms. The van der Waals surface area contributed by atoms with Crippen LogP contribution in [0.5, 0.6) is 0 Å². The van der Waals surface area contributed by atoms with Crippen LogP contribution >= 0.6 is 0 Å². The first-order valence-electron chi connectivity index (χ1n) is 13.6. The van der Waals surface area contributed by atoms with E-state index in [-0.39, 0.29) is 42.2 Å². The number of anilines is 1. The van der Waals surface area contributed by atoms with Crippen molar-refractivity contribution in [1.82, 2.24) is 20.4 Å². The molecule has 0 radical (unpaired) electrons. The summed E-state index contributed by atoms with van der Waals surface area (Å²) in [6.07, 6.45) is 14.0. The Kier molecular flexibility index (Phi) is 9.73. The van der Waals surface area contributed by atoms with E-state index in [1.54, 1.807) is 6.92 Å². The quantitative estimate of drug-likeness (QED) is 0.213. The third kappa shape index (κ3) is 7.72. The fraction of sp³-hybridized carbons (Fsp3) is 0.448. The average molecular weight is 564 g/mol. The third-order valence-corrected chi connectivity index (χ3v) is 7.11. The zero-order valence-corrected chi connectivity index (χ0v) is 22.8. The molecule has 216 valence electrons. The Bertz CT molecular complexity index is 1410. The molecule has 3 atom stereocenters. The number of terminal acetylenes is 1. The molecule has 3 N–H and O–H groups in total. The van der Waals surface area contributed by atoms with Crippen LogP contribution < -0.4 is 21.5 Å². The van der Waals surface area contributed by atoms with E-state index in [2.05, 4.69) is 27.0 Å². The summed E-state index contributed by atoms with van der Waals surface area (Å²) in [6.45, 7) is 2.15. The number of esters is 1. The van der Waals surface area contributed by atoms with Crippen LogP contribution in [-0.4, -0.2) is 52.1 Å².